The molecule has 0 unspecified atom stereocenters. The average Bonchev–Trinajstić information content (AvgIpc) is 2.57. The third-order valence-corrected chi connectivity index (χ3v) is 4.77. The topological polar surface area (TPSA) is 3.24 Å². The van der Waals surface area contributed by atoms with Gasteiger partial charge >= 0.3 is 0 Å². The van der Waals surface area contributed by atoms with Crippen LogP contribution in [0.4, 0.5) is 8.78 Å². The van der Waals surface area contributed by atoms with Gasteiger partial charge in [-0.2, -0.15) is 0 Å². The average molecular weight is 231 g/mol. The van der Waals surface area contributed by atoms with Crippen LogP contribution in [-0.4, -0.2) is 29.5 Å². The van der Waals surface area contributed by atoms with Crippen LogP contribution >= 0.6 is 0 Å². The van der Waals surface area contributed by atoms with Crippen LogP contribution < -0.4 is 0 Å². The van der Waals surface area contributed by atoms with Crippen molar-refractivity contribution in [2.24, 2.45) is 5.41 Å². The Morgan fingerprint density at radius 3 is 2.25 bits per heavy atom. The van der Waals surface area contributed by atoms with E-state index in [2.05, 4.69) is 11.8 Å². The van der Waals surface area contributed by atoms with Gasteiger partial charge in [-0.3, -0.25) is 4.90 Å². The van der Waals surface area contributed by atoms with Crippen LogP contribution in [0.5, 0.6) is 0 Å². The highest BCUT2D eigenvalue weighted by molar-refractivity contribution is 5.21. The van der Waals surface area contributed by atoms with Gasteiger partial charge in [-0.05, 0) is 32.2 Å². The molecule has 1 saturated carbocycles. The summed E-state index contributed by atoms with van der Waals surface area (Å²) < 4.78 is 26.6. The Morgan fingerprint density at radius 2 is 1.81 bits per heavy atom. The zero-order chi connectivity index (χ0) is 12.0. The van der Waals surface area contributed by atoms with E-state index in [4.69, 9.17) is 0 Å². The highest BCUT2D eigenvalue weighted by Crippen LogP contribution is 2.69. The van der Waals surface area contributed by atoms with Gasteiger partial charge in [0.1, 0.15) is 0 Å². The second kappa shape index (κ2) is 3.66. The van der Waals surface area contributed by atoms with Crippen LogP contribution in [0.1, 0.15) is 52.9 Å². The number of fused-ring (bicyclic) bond motifs is 1. The summed E-state index contributed by atoms with van der Waals surface area (Å²) in [5.41, 5.74) is -0.455. The van der Waals surface area contributed by atoms with Crippen LogP contribution in [0.15, 0.2) is 0 Å². The molecular weight excluding hydrogens is 208 g/mol. The van der Waals surface area contributed by atoms with Crippen molar-refractivity contribution in [3.63, 3.8) is 0 Å². The third kappa shape index (κ3) is 1.43. The number of halogens is 2. The molecule has 2 saturated heterocycles. The molecule has 0 aromatic heterocycles. The van der Waals surface area contributed by atoms with E-state index < -0.39 is 11.3 Å². The molecule has 3 fully saturated rings. The van der Waals surface area contributed by atoms with E-state index in [0.29, 0.717) is 6.54 Å². The van der Waals surface area contributed by atoms with Gasteiger partial charge < -0.3 is 0 Å². The number of hydrogen-bond donors (Lipinski definition) is 0. The zero-order valence-electron chi connectivity index (χ0n) is 10.7. The lowest BCUT2D eigenvalue weighted by Crippen LogP contribution is -2.37. The minimum absolute atomic E-state index is 0.151. The van der Waals surface area contributed by atoms with E-state index >= 15 is 0 Å². The number of hydrogen-bond acceptors (Lipinski definition) is 1. The van der Waals surface area contributed by atoms with Crippen molar-refractivity contribution in [1.82, 2.24) is 4.90 Å². The first-order valence-electron chi connectivity index (χ1n) is 6.67. The molecule has 0 bridgehead atoms. The SMILES string of the molecule is CC.CC[C@@]12CCCN1C[C@]1(CC1(F)F)C2. The Hall–Kier alpha value is -0.180. The van der Waals surface area contributed by atoms with Gasteiger partial charge in [0.2, 0.25) is 0 Å². The minimum atomic E-state index is -2.35. The summed E-state index contributed by atoms with van der Waals surface area (Å²) in [5.74, 6) is -2.35. The molecule has 0 radical (unpaired) electrons. The molecule has 3 rings (SSSR count). The molecule has 3 aliphatic rings. The van der Waals surface area contributed by atoms with E-state index in [1.165, 1.54) is 6.42 Å². The van der Waals surface area contributed by atoms with Crippen molar-refractivity contribution in [1.29, 1.82) is 0 Å². The van der Waals surface area contributed by atoms with Crippen molar-refractivity contribution in [2.75, 3.05) is 13.1 Å². The van der Waals surface area contributed by atoms with E-state index in [9.17, 15) is 8.78 Å². The third-order valence-electron chi connectivity index (χ3n) is 4.77. The molecule has 1 nitrogen and oxygen atoms in total. The van der Waals surface area contributed by atoms with E-state index in [1.807, 2.05) is 13.8 Å². The van der Waals surface area contributed by atoms with Crippen LogP contribution in [-0.2, 0) is 0 Å². The number of nitrogens with zero attached hydrogens (tertiary/aromatic N) is 1. The van der Waals surface area contributed by atoms with Gasteiger partial charge in [-0.1, -0.05) is 20.8 Å². The first-order valence-corrected chi connectivity index (χ1v) is 6.67. The fourth-order valence-electron chi connectivity index (χ4n) is 3.76. The molecule has 2 aliphatic heterocycles. The van der Waals surface area contributed by atoms with Crippen molar-refractivity contribution in [3.8, 4) is 0 Å². The normalized spacial score (nSPS) is 44.1. The van der Waals surface area contributed by atoms with Gasteiger partial charge in [0, 0.05) is 18.5 Å². The Bertz CT molecular complexity index is 279. The molecule has 1 aliphatic carbocycles. The molecule has 1 spiro atoms. The molecule has 0 N–H and O–H groups in total. The van der Waals surface area contributed by atoms with Gasteiger partial charge in [0.15, 0.2) is 0 Å². The summed E-state index contributed by atoms with van der Waals surface area (Å²) in [6.07, 6.45) is 4.30. The first-order chi connectivity index (χ1) is 7.54. The fourth-order valence-corrected chi connectivity index (χ4v) is 3.76. The molecule has 2 heterocycles. The fraction of sp³-hybridized carbons (Fsp3) is 1.00. The van der Waals surface area contributed by atoms with E-state index in [1.54, 1.807) is 0 Å². The maximum Gasteiger partial charge on any atom is 0.255 e. The van der Waals surface area contributed by atoms with Crippen LogP contribution in [0.3, 0.4) is 0 Å². The van der Waals surface area contributed by atoms with Crippen LogP contribution in [0.25, 0.3) is 0 Å². The van der Waals surface area contributed by atoms with E-state index in [-0.39, 0.29) is 12.0 Å². The lowest BCUT2D eigenvalue weighted by molar-refractivity contribution is 0.0656. The molecule has 0 aromatic rings. The molecule has 0 aromatic carbocycles. The monoisotopic (exact) mass is 231 g/mol. The number of rotatable bonds is 1. The Labute approximate surface area is 97.2 Å². The summed E-state index contributed by atoms with van der Waals surface area (Å²) in [7, 11) is 0. The zero-order valence-corrected chi connectivity index (χ0v) is 10.7. The lowest BCUT2D eigenvalue weighted by Gasteiger charge is -2.30. The maximum atomic E-state index is 13.3. The van der Waals surface area contributed by atoms with Gasteiger partial charge in [-0.15, -0.1) is 0 Å². The second-order valence-electron chi connectivity index (χ2n) is 5.44. The van der Waals surface area contributed by atoms with Crippen molar-refractivity contribution in [2.45, 2.75) is 64.3 Å². The standard InChI is InChI=1S/C11H17F2N.C2H6/c1-2-10-4-3-5-14(10)8-9(6-10)7-11(9,12)13;1-2/h2-8H2,1H3;1-2H3/t9-,10+;/m1./s1. The molecule has 2 atom stereocenters. The van der Waals surface area contributed by atoms with Gasteiger partial charge in [0.05, 0.1) is 5.41 Å². The number of alkyl halides is 2. The van der Waals surface area contributed by atoms with Crippen molar-refractivity contribution < 1.29 is 8.78 Å². The predicted octanol–water partition coefficient (Wildman–Crippen LogP) is 3.69. The molecule has 0 amide bonds. The molecule has 3 heteroatoms. The lowest BCUT2D eigenvalue weighted by atomic mass is 9.86. The molecular formula is C13H23F2N. The summed E-state index contributed by atoms with van der Waals surface area (Å²) in [6, 6.07) is 0. The second-order valence-corrected chi connectivity index (χ2v) is 5.44. The Morgan fingerprint density at radius 1 is 1.19 bits per heavy atom. The van der Waals surface area contributed by atoms with Gasteiger partial charge in [-0.25, -0.2) is 8.78 Å². The van der Waals surface area contributed by atoms with Crippen LogP contribution in [0.2, 0.25) is 0 Å². The van der Waals surface area contributed by atoms with Crippen molar-refractivity contribution >= 4 is 0 Å². The van der Waals surface area contributed by atoms with E-state index in [0.717, 1.165) is 25.8 Å². The van der Waals surface area contributed by atoms with Gasteiger partial charge in [0.25, 0.3) is 5.92 Å². The summed E-state index contributed by atoms with van der Waals surface area (Å²) in [5, 5.41) is 0. The summed E-state index contributed by atoms with van der Waals surface area (Å²) >= 11 is 0. The van der Waals surface area contributed by atoms with Crippen LogP contribution in [0, 0.1) is 5.41 Å². The Kier molecular flexibility index (Phi) is 2.81. The smallest absolute Gasteiger partial charge is 0.255 e. The molecule has 94 valence electrons. The first kappa shape index (κ1) is 12.3. The maximum absolute atomic E-state index is 13.3. The largest absolute Gasteiger partial charge is 0.297 e. The predicted molar refractivity (Wildman–Crippen MR) is 61.8 cm³/mol. The molecule has 16 heavy (non-hydrogen) atoms. The minimum Gasteiger partial charge on any atom is -0.297 e. The highest BCUT2D eigenvalue weighted by Gasteiger charge is 2.76. The van der Waals surface area contributed by atoms with Crippen molar-refractivity contribution in [3.05, 3.63) is 0 Å². The summed E-state index contributed by atoms with van der Waals surface area (Å²) in [6.45, 7) is 7.86. The highest BCUT2D eigenvalue weighted by atomic mass is 19.3. The Balaban J connectivity index is 0.000000457. The quantitative estimate of drug-likeness (QED) is 0.665. The summed E-state index contributed by atoms with van der Waals surface area (Å²) in [4.78, 5) is 2.34.